The number of thiazole rings is 1. The van der Waals surface area contributed by atoms with Crippen molar-refractivity contribution < 1.29 is 14.4 Å². The van der Waals surface area contributed by atoms with E-state index in [1.807, 2.05) is 29.6 Å². The topological polar surface area (TPSA) is 77.7 Å². The summed E-state index contributed by atoms with van der Waals surface area (Å²) in [5.74, 6) is 0. The normalized spacial score (nSPS) is 13.2. The quantitative estimate of drug-likeness (QED) is 0.482. The van der Waals surface area contributed by atoms with Gasteiger partial charge in [-0.3, -0.25) is 15.0 Å². The third-order valence-corrected chi connectivity index (χ3v) is 4.62. The van der Waals surface area contributed by atoms with E-state index in [4.69, 9.17) is 9.47 Å². The molecule has 1 aromatic heterocycles. The molecule has 26 heavy (non-hydrogen) atoms. The number of para-hydroxylation sites is 2. The van der Waals surface area contributed by atoms with Crippen LogP contribution in [0.1, 0.15) is 0 Å². The molecule has 2 aromatic carbocycles. The van der Waals surface area contributed by atoms with Crippen LogP contribution in [0.3, 0.4) is 0 Å². The molecule has 0 N–H and O–H groups in total. The number of benzene rings is 2. The lowest BCUT2D eigenvalue weighted by Crippen LogP contribution is -2.32. The van der Waals surface area contributed by atoms with E-state index in [1.165, 1.54) is 29.9 Å². The van der Waals surface area contributed by atoms with Crippen molar-refractivity contribution in [3.63, 3.8) is 0 Å². The van der Waals surface area contributed by atoms with Gasteiger partial charge in [0.2, 0.25) is 0 Å². The Kier molecular flexibility index (Phi) is 4.24. The molecule has 8 heteroatoms. The summed E-state index contributed by atoms with van der Waals surface area (Å²) in [7, 11) is 0. The Bertz CT molecular complexity index is 951. The molecule has 0 amide bonds. The van der Waals surface area contributed by atoms with E-state index >= 15 is 0 Å². The van der Waals surface area contributed by atoms with E-state index in [9.17, 15) is 10.1 Å². The van der Waals surface area contributed by atoms with Crippen LogP contribution in [0, 0.1) is 10.1 Å². The van der Waals surface area contributed by atoms with Crippen LogP contribution in [-0.2, 0) is 9.47 Å². The number of hydrogen-bond donors (Lipinski definition) is 0. The van der Waals surface area contributed by atoms with Gasteiger partial charge in [-0.05, 0) is 18.2 Å². The van der Waals surface area contributed by atoms with Gasteiger partial charge >= 0.3 is 6.41 Å². The second-order valence-corrected chi connectivity index (χ2v) is 6.25. The van der Waals surface area contributed by atoms with Crippen LogP contribution in [-0.4, -0.2) is 16.3 Å². The van der Waals surface area contributed by atoms with Crippen molar-refractivity contribution in [2.24, 2.45) is 0 Å². The van der Waals surface area contributed by atoms with E-state index in [0.29, 0.717) is 11.4 Å². The first kappa shape index (κ1) is 16.1. The largest absolute Gasteiger partial charge is 0.442 e. The fraction of sp³-hybridized carbons (Fsp3) is 0.0556. The van der Waals surface area contributed by atoms with E-state index in [1.54, 1.807) is 29.3 Å². The molecule has 0 fully saturated rings. The minimum atomic E-state index is -0.831. The average molecular weight is 367 g/mol. The minimum Gasteiger partial charge on any atom is -0.442 e. The van der Waals surface area contributed by atoms with Gasteiger partial charge in [-0.1, -0.05) is 24.3 Å². The van der Waals surface area contributed by atoms with Gasteiger partial charge < -0.3 is 9.47 Å². The number of nitro benzene ring substituents is 1. The first-order valence-electron chi connectivity index (χ1n) is 7.72. The van der Waals surface area contributed by atoms with Gasteiger partial charge in [0.1, 0.15) is 23.2 Å². The Balaban J connectivity index is 1.83. The summed E-state index contributed by atoms with van der Waals surface area (Å²) in [6.07, 6.45) is 3.73. The molecular formula is C18H13N3O4S. The summed E-state index contributed by atoms with van der Waals surface area (Å²) in [4.78, 5) is 17.0. The smallest absolute Gasteiger partial charge is 0.331 e. The molecule has 0 spiro atoms. The Morgan fingerprint density at radius 3 is 2.65 bits per heavy atom. The molecule has 1 aliphatic heterocycles. The highest BCUT2D eigenvalue weighted by molar-refractivity contribution is 7.13. The number of nitrogens with zero attached hydrogens (tertiary/aromatic N) is 3. The number of hydrogen-bond acceptors (Lipinski definition) is 7. The molecule has 0 saturated heterocycles. The van der Waals surface area contributed by atoms with E-state index in [2.05, 4.69) is 4.98 Å². The molecule has 0 unspecified atom stereocenters. The number of aromatic nitrogens is 1. The number of nitro groups is 1. The number of rotatable bonds is 5. The molecule has 2 heterocycles. The predicted molar refractivity (Wildman–Crippen MR) is 97.9 cm³/mol. The molecule has 0 atom stereocenters. The van der Waals surface area contributed by atoms with Gasteiger partial charge in [-0.25, -0.2) is 4.98 Å². The highest BCUT2D eigenvalue weighted by Crippen LogP contribution is 2.38. The third kappa shape index (κ3) is 2.98. The average Bonchev–Trinajstić information content (AvgIpc) is 3.37. The Morgan fingerprint density at radius 1 is 1.12 bits per heavy atom. The van der Waals surface area contributed by atoms with Gasteiger partial charge in [-0.15, -0.1) is 11.3 Å². The lowest BCUT2D eigenvalue weighted by molar-refractivity contribution is -0.384. The van der Waals surface area contributed by atoms with Gasteiger partial charge in [0.05, 0.1) is 4.92 Å². The Hall–Kier alpha value is -3.39. The van der Waals surface area contributed by atoms with Crippen LogP contribution in [0.25, 0.3) is 10.6 Å². The van der Waals surface area contributed by atoms with Gasteiger partial charge in [0, 0.05) is 28.9 Å². The minimum absolute atomic E-state index is 0.0359. The zero-order chi connectivity index (χ0) is 17.9. The molecule has 4 rings (SSSR count). The summed E-state index contributed by atoms with van der Waals surface area (Å²) in [5, 5.41) is 14.3. The maximum Gasteiger partial charge on any atom is 0.331 e. The monoisotopic (exact) mass is 367 g/mol. The maximum absolute atomic E-state index is 11.5. The fourth-order valence-electron chi connectivity index (χ4n) is 2.70. The van der Waals surface area contributed by atoms with Gasteiger partial charge in [0.25, 0.3) is 5.69 Å². The van der Waals surface area contributed by atoms with Crippen LogP contribution >= 0.6 is 11.3 Å². The molecule has 0 saturated carbocycles. The standard InChI is InChI=1S/C18H13N3O4S/c22-21(23)16-7-2-1-6-15(16)20(18-24-9-10-25-18)14-5-3-4-13(12-14)17-19-8-11-26-17/h1-12,18H. The van der Waals surface area contributed by atoms with Crippen molar-refractivity contribution in [3.8, 4) is 10.6 Å². The summed E-state index contributed by atoms with van der Waals surface area (Å²) in [6, 6.07) is 14.0. The van der Waals surface area contributed by atoms with Crippen LogP contribution in [0.15, 0.2) is 72.6 Å². The van der Waals surface area contributed by atoms with Crippen LogP contribution in [0.2, 0.25) is 0 Å². The van der Waals surface area contributed by atoms with Gasteiger partial charge in [0.15, 0.2) is 0 Å². The van der Waals surface area contributed by atoms with Crippen LogP contribution in [0.4, 0.5) is 17.1 Å². The molecule has 130 valence electrons. The summed E-state index contributed by atoms with van der Waals surface area (Å²) in [6.45, 7) is 0. The van der Waals surface area contributed by atoms with E-state index in [0.717, 1.165) is 10.6 Å². The lowest BCUT2D eigenvalue weighted by Gasteiger charge is -2.28. The Morgan fingerprint density at radius 2 is 1.92 bits per heavy atom. The second-order valence-electron chi connectivity index (χ2n) is 5.35. The van der Waals surface area contributed by atoms with Crippen molar-refractivity contribution >= 4 is 28.4 Å². The summed E-state index contributed by atoms with van der Waals surface area (Å²) < 4.78 is 11.0. The van der Waals surface area contributed by atoms with Crippen LogP contribution in [0.5, 0.6) is 0 Å². The van der Waals surface area contributed by atoms with Crippen molar-refractivity contribution in [3.05, 3.63) is 82.7 Å². The van der Waals surface area contributed by atoms with Crippen molar-refractivity contribution in [1.82, 2.24) is 4.98 Å². The maximum atomic E-state index is 11.5. The zero-order valence-corrected chi connectivity index (χ0v) is 14.2. The van der Waals surface area contributed by atoms with E-state index < -0.39 is 11.3 Å². The summed E-state index contributed by atoms with van der Waals surface area (Å²) >= 11 is 1.52. The predicted octanol–water partition coefficient (Wildman–Crippen LogP) is 4.66. The zero-order valence-electron chi connectivity index (χ0n) is 13.4. The molecule has 0 radical (unpaired) electrons. The Labute approximate surface area is 152 Å². The lowest BCUT2D eigenvalue weighted by atomic mass is 10.1. The molecular weight excluding hydrogens is 354 g/mol. The SMILES string of the molecule is O=[N+]([O-])c1ccccc1N(c1cccc(-c2nccs2)c1)C1OC=CO1. The van der Waals surface area contributed by atoms with Crippen molar-refractivity contribution in [2.45, 2.75) is 6.41 Å². The van der Waals surface area contributed by atoms with Crippen molar-refractivity contribution in [1.29, 1.82) is 0 Å². The van der Waals surface area contributed by atoms with Crippen molar-refractivity contribution in [2.75, 3.05) is 4.90 Å². The molecule has 7 nitrogen and oxygen atoms in total. The second kappa shape index (κ2) is 6.85. The highest BCUT2D eigenvalue weighted by atomic mass is 32.1. The first-order chi connectivity index (χ1) is 12.7. The third-order valence-electron chi connectivity index (χ3n) is 3.80. The summed E-state index contributed by atoms with van der Waals surface area (Å²) in [5.41, 5.74) is 1.95. The molecule has 0 aliphatic carbocycles. The van der Waals surface area contributed by atoms with E-state index in [-0.39, 0.29) is 5.69 Å². The first-order valence-corrected chi connectivity index (χ1v) is 8.60. The van der Waals surface area contributed by atoms with Crippen LogP contribution < -0.4 is 4.90 Å². The highest BCUT2D eigenvalue weighted by Gasteiger charge is 2.30. The molecule has 0 bridgehead atoms. The molecule has 1 aliphatic rings. The molecule has 3 aromatic rings. The fourth-order valence-corrected chi connectivity index (χ4v) is 3.34. The van der Waals surface area contributed by atoms with Gasteiger partial charge in [-0.2, -0.15) is 0 Å². The number of ether oxygens (including phenoxy) is 2. The number of anilines is 2.